The van der Waals surface area contributed by atoms with E-state index in [1.807, 2.05) is 35.0 Å². The van der Waals surface area contributed by atoms with Crippen LogP contribution in [0.2, 0.25) is 0 Å². The Hall–Kier alpha value is -1.95. The van der Waals surface area contributed by atoms with Crippen molar-refractivity contribution < 1.29 is 4.74 Å². The van der Waals surface area contributed by atoms with Crippen molar-refractivity contribution in [3.05, 3.63) is 36.2 Å². The van der Waals surface area contributed by atoms with Gasteiger partial charge >= 0.3 is 0 Å². The first-order chi connectivity index (χ1) is 11.6. The summed E-state index contributed by atoms with van der Waals surface area (Å²) in [7, 11) is 0. The second-order valence-electron chi connectivity index (χ2n) is 7.54. The van der Waals surface area contributed by atoms with Crippen LogP contribution in [0.1, 0.15) is 38.9 Å². The lowest BCUT2D eigenvalue weighted by Crippen LogP contribution is -2.63. The number of fused-ring (bicyclic) bond motifs is 1. The molecular weight excluding hydrogens is 302 g/mol. The van der Waals surface area contributed by atoms with E-state index in [9.17, 15) is 0 Å². The molecule has 1 aromatic heterocycles. The van der Waals surface area contributed by atoms with Crippen LogP contribution < -0.4 is 10.1 Å². The van der Waals surface area contributed by atoms with Gasteiger partial charge in [-0.3, -0.25) is 0 Å². The standard InChI is InChI=1S/C18H25N5O/c1-18(2)15(12-16(18)24-14-6-4-3-5-7-14)19-13-8-9-17-20-21-22-23(17)11-10-13/h3-7,13,15-16,19H,8-12H2,1-2H3. The quantitative estimate of drug-likeness (QED) is 0.933. The third-order valence-corrected chi connectivity index (χ3v) is 5.65. The number of benzene rings is 1. The Balaban J connectivity index is 1.33. The van der Waals surface area contributed by atoms with Gasteiger partial charge < -0.3 is 10.1 Å². The Bertz CT molecular complexity index is 661. The third-order valence-electron chi connectivity index (χ3n) is 5.65. The maximum absolute atomic E-state index is 6.18. The molecule has 0 bridgehead atoms. The third kappa shape index (κ3) is 2.90. The first-order valence-electron chi connectivity index (χ1n) is 8.86. The van der Waals surface area contributed by atoms with E-state index in [0.29, 0.717) is 12.1 Å². The number of aromatic nitrogens is 4. The van der Waals surface area contributed by atoms with Crippen molar-refractivity contribution in [2.24, 2.45) is 5.41 Å². The van der Waals surface area contributed by atoms with Gasteiger partial charge in [0.1, 0.15) is 11.9 Å². The molecule has 3 atom stereocenters. The molecule has 0 spiro atoms. The van der Waals surface area contributed by atoms with Crippen LogP contribution in [0.15, 0.2) is 30.3 Å². The largest absolute Gasteiger partial charge is 0.490 e. The van der Waals surface area contributed by atoms with Crippen LogP contribution in [-0.4, -0.2) is 38.4 Å². The van der Waals surface area contributed by atoms with Gasteiger partial charge in [0.15, 0.2) is 5.82 Å². The molecule has 3 unspecified atom stereocenters. The highest BCUT2D eigenvalue weighted by molar-refractivity contribution is 5.22. The summed E-state index contributed by atoms with van der Waals surface area (Å²) in [6, 6.07) is 11.1. The van der Waals surface area contributed by atoms with E-state index in [0.717, 1.165) is 43.8 Å². The smallest absolute Gasteiger partial charge is 0.151 e. The molecule has 1 aliphatic heterocycles. The van der Waals surface area contributed by atoms with Crippen LogP contribution in [0.4, 0.5) is 0 Å². The molecule has 0 amide bonds. The average molecular weight is 327 g/mol. The van der Waals surface area contributed by atoms with Crippen molar-refractivity contribution >= 4 is 0 Å². The summed E-state index contributed by atoms with van der Waals surface area (Å²) in [6.07, 6.45) is 4.45. The Kier molecular flexibility index (Phi) is 4.00. The molecule has 0 saturated heterocycles. The molecule has 4 rings (SSSR count). The second kappa shape index (κ2) is 6.16. The van der Waals surface area contributed by atoms with Crippen LogP contribution in [0, 0.1) is 5.41 Å². The molecule has 1 saturated carbocycles. The Morgan fingerprint density at radius 1 is 1.21 bits per heavy atom. The topological polar surface area (TPSA) is 64.9 Å². The number of para-hydroxylation sites is 1. The lowest BCUT2D eigenvalue weighted by atomic mass is 9.64. The van der Waals surface area contributed by atoms with E-state index >= 15 is 0 Å². The molecule has 2 aromatic rings. The first-order valence-corrected chi connectivity index (χ1v) is 8.86. The fraction of sp³-hybridized carbons (Fsp3) is 0.611. The van der Waals surface area contributed by atoms with Crippen LogP contribution >= 0.6 is 0 Å². The molecule has 128 valence electrons. The number of aryl methyl sites for hydroxylation is 2. The predicted octanol–water partition coefficient (Wildman–Crippen LogP) is 2.21. The Labute approximate surface area is 142 Å². The van der Waals surface area contributed by atoms with Crippen molar-refractivity contribution in [2.75, 3.05) is 0 Å². The van der Waals surface area contributed by atoms with Gasteiger partial charge in [-0.05, 0) is 35.4 Å². The lowest BCUT2D eigenvalue weighted by molar-refractivity contribution is -0.0593. The lowest BCUT2D eigenvalue weighted by Gasteiger charge is -2.52. The molecule has 2 heterocycles. The Morgan fingerprint density at radius 3 is 2.83 bits per heavy atom. The van der Waals surface area contributed by atoms with Gasteiger partial charge in [-0.1, -0.05) is 32.0 Å². The fourth-order valence-corrected chi connectivity index (χ4v) is 3.78. The summed E-state index contributed by atoms with van der Waals surface area (Å²) < 4.78 is 8.11. The molecule has 1 aliphatic carbocycles. The molecule has 1 fully saturated rings. The van der Waals surface area contributed by atoms with Crippen molar-refractivity contribution in [3.63, 3.8) is 0 Å². The van der Waals surface area contributed by atoms with Crippen LogP contribution in [0.5, 0.6) is 5.75 Å². The normalized spacial score (nSPS) is 28.5. The molecule has 1 N–H and O–H groups in total. The summed E-state index contributed by atoms with van der Waals surface area (Å²) in [6.45, 7) is 5.50. The van der Waals surface area contributed by atoms with Gasteiger partial charge in [0.25, 0.3) is 0 Å². The van der Waals surface area contributed by atoms with E-state index in [2.05, 4.69) is 34.7 Å². The molecular formula is C18H25N5O. The summed E-state index contributed by atoms with van der Waals surface area (Å²) in [5, 5.41) is 15.8. The zero-order chi connectivity index (χ0) is 16.6. The van der Waals surface area contributed by atoms with Crippen molar-refractivity contribution in [1.82, 2.24) is 25.5 Å². The number of tetrazole rings is 1. The van der Waals surface area contributed by atoms with Crippen molar-refractivity contribution in [1.29, 1.82) is 0 Å². The number of rotatable bonds is 4. The van der Waals surface area contributed by atoms with E-state index in [1.54, 1.807) is 0 Å². The van der Waals surface area contributed by atoms with Gasteiger partial charge in [0.2, 0.25) is 0 Å². The predicted molar refractivity (Wildman–Crippen MR) is 90.7 cm³/mol. The molecule has 1 aromatic carbocycles. The highest BCUT2D eigenvalue weighted by Crippen LogP contribution is 2.43. The molecule has 24 heavy (non-hydrogen) atoms. The van der Waals surface area contributed by atoms with Crippen LogP contribution in [0.3, 0.4) is 0 Å². The number of nitrogens with one attached hydrogen (secondary N) is 1. The van der Waals surface area contributed by atoms with Gasteiger partial charge in [-0.25, -0.2) is 4.68 Å². The fourth-order valence-electron chi connectivity index (χ4n) is 3.78. The SMILES string of the molecule is CC1(C)C(NC2CCc3nnnn3CC2)CC1Oc1ccccc1. The molecule has 6 heteroatoms. The maximum atomic E-state index is 6.18. The van der Waals surface area contributed by atoms with Crippen molar-refractivity contribution in [3.8, 4) is 5.75 Å². The zero-order valence-corrected chi connectivity index (χ0v) is 14.4. The number of nitrogens with zero attached hydrogens (tertiary/aromatic N) is 4. The molecule has 0 radical (unpaired) electrons. The monoisotopic (exact) mass is 327 g/mol. The number of ether oxygens (including phenoxy) is 1. The van der Waals surface area contributed by atoms with Crippen LogP contribution in [-0.2, 0) is 13.0 Å². The van der Waals surface area contributed by atoms with E-state index in [4.69, 9.17) is 4.74 Å². The zero-order valence-electron chi connectivity index (χ0n) is 14.4. The first kappa shape index (κ1) is 15.6. The number of hydrogen-bond donors (Lipinski definition) is 1. The summed E-state index contributed by atoms with van der Waals surface area (Å²) in [5.41, 5.74) is 0.134. The van der Waals surface area contributed by atoms with Gasteiger partial charge in [0.05, 0.1) is 0 Å². The van der Waals surface area contributed by atoms with Gasteiger partial charge in [0, 0.05) is 36.9 Å². The van der Waals surface area contributed by atoms with E-state index in [-0.39, 0.29) is 11.5 Å². The van der Waals surface area contributed by atoms with E-state index in [1.165, 1.54) is 0 Å². The molecule has 6 nitrogen and oxygen atoms in total. The minimum Gasteiger partial charge on any atom is -0.490 e. The van der Waals surface area contributed by atoms with Crippen LogP contribution in [0.25, 0.3) is 0 Å². The van der Waals surface area contributed by atoms with Crippen molar-refractivity contribution in [2.45, 2.75) is 64.3 Å². The maximum Gasteiger partial charge on any atom is 0.151 e. The minimum atomic E-state index is 0.134. The Morgan fingerprint density at radius 2 is 2.04 bits per heavy atom. The second-order valence-corrected chi connectivity index (χ2v) is 7.54. The minimum absolute atomic E-state index is 0.134. The summed E-state index contributed by atoms with van der Waals surface area (Å²) >= 11 is 0. The highest BCUT2D eigenvalue weighted by Gasteiger charge is 2.50. The highest BCUT2D eigenvalue weighted by atomic mass is 16.5. The van der Waals surface area contributed by atoms with E-state index < -0.39 is 0 Å². The summed E-state index contributed by atoms with van der Waals surface area (Å²) in [5.74, 6) is 1.98. The average Bonchev–Trinajstić information content (AvgIpc) is 2.96. The molecule has 2 aliphatic rings. The van der Waals surface area contributed by atoms with Gasteiger partial charge in [-0.2, -0.15) is 0 Å². The number of hydrogen-bond acceptors (Lipinski definition) is 5. The van der Waals surface area contributed by atoms with Gasteiger partial charge in [-0.15, -0.1) is 5.10 Å². The summed E-state index contributed by atoms with van der Waals surface area (Å²) in [4.78, 5) is 0.